The van der Waals surface area contributed by atoms with Gasteiger partial charge in [-0.3, -0.25) is 14.4 Å². The van der Waals surface area contributed by atoms with Crippen molar-refractivity contribution in [3.63, 3.8) is 0 Å². The van der Waals surface area contributed by atoms with Gasteiger partial charge in [-0.1, -0.05) is 36.2 Å². The van der Waals surface area contributed by atoms with Crippen molar-refractivity contribution in [2.24, 2.45) is 11.8 Å². The van der Waals surface area contributed by atoms with Gasteiger partial charge in [-0.05, 0) is 50.5 Å². The second kappa shape index (κ2) is 11.1. The summed E-state index contributed by atoms with van der Waals surface area (Å²) >= 11 is 3.67. The van der Waals surface area contributed by atoms with Crippen LogP contribution in [0.25, 0.3) is 0 Å². The SMILES string of the molecule is CCCCNC(=O)C1N([C@@H](CC)CO)C(=O)[C@@H]2[C@@H](C(=O)Nc3ccc(OCC)cc3)[C@@H]3OC12CC3Br. The van der Waals surface area contributed by atoms with Crippen LogP contribution in [0.5, 0.6) is 5.75 Å². The molecule has 10 heteroatoms. The third-order valence-electron chi connectivity index (χ3n) is 7.62. The van der Waals surface area contributed by atoms with Gasteiger partial charge >= 0.3 is 0 Å². The highest BCUT2D eigenvalue weighted by atomic mass is 79.9. The summed E-state index contributed by atoms with van der Waals surface area (Å²) in [5.74, 6) is -1.79. The van der Waals surface area contributed by atoms with Crippen molar-refractivity contribution in [3.8, 4) is 5.75 Å². The number of hydrogen-bond donors (Lipinski definition) is 3. The Morgan fingerprint density at radius 3 is 2.58 bits per heavy atom. The zero-order chi connectivity index (χ0) is 26.0. The number of likely N-dealkylation sites (tertiary alicyclic amines) is 1. The molecule has 0 aromatic heterocycles. The van der Waals surface area contributed by atoms with Crippen LogP contribution < -0.4 is 15.4 Å². The average Bonchev–Trinajstić information content (AvgIpc) is 3.45. The van der Waals surface area contributed by atoms with Gasteiger partial charge in [-0.25, -0.2) is 0 Å². The number of unbranched alkanes of at least 4 members (excludes halogenated alkanes) is 1. The molecule has 3 unspecified atom stereocenters. The molecule has 198 valence electrons. The van der Waals surface area contributed by atoms with Crippen LogP contribution in [-0.4, -0.2) is 76.1 Å². The van der Waals surface area contributed by atoms with E-state index in [4.69, 9.17) is 9.47 Å². The molecule has 36 heavy (non-hydrogen) atoms. The van der Waals surface area contributed by atoms with E-state index >= 15 is 0 Å². The molecule has 0 radical (unpaired) electrons. The number of amides is 3. The summed E-state index contributed by atoms with van der Waals surface area (Å²) in [5.41, 5.74) is -0.542. The molecule has 2 bridgehead atoms. The monoisotopic (exact) mass is 565 g/mol. The van der Waals surface area contributed by atoms with Gasteiger partial charge in [-0.15, -0.1) is 0 Å². The van der Waals surface area contributed by atoms with Gasteiger partial charge in [-0.2, -0.15) is 0 Å². The fourth-order valence-corrected chi connectivity index (χ4v) is 6.93. The van der Waals surface area contributed by atoms with E-state index in [1.165, 1.54) is 4.90 Å². The number of anilines is 1. The normalized spacial score (nSPS) is 31.3. The lowest BCUT2D eigenvalue weighted by Crippen LogP contribution is -2.58. The first-order valence-corrected chi connectivity index (χ1v) is 13.8. The van der Waals surface area contributed by atoms with Crippen LogP contribution >= 0.6 is 15.9 Å². The maximum Gasteiger partial charge on any atom is 0.245 e. The van der Waals surface area contributed by atoms with E-state index in [2.05, 4.69) is 26.6 Å². The van der Waals surface area contributed by atoms with Gasteiger partial charge in [0.15, 0.2) is 0 Å². The lowest BCUT2D eigenvalue weighted by Gasteiger charge is -2.36. The zero-order valence-electron chi connectivity index (χ0n) is 21.0. The standard InChI is InChI=1S/C26H36BrN3O6/c1-4-7-12-28-24(33)22-26-13-18(27)21(36-26)19(20(26)25(34)30(22)16(5-2)14-31)23(32)29-15-8-10-17(11-9-15)35-6-3/h8-11,16,18-22,31H,4-7,12-14H2,1-3H3,(H,28,33)(H,29,32)/t16-,18?,19+,20-,21+,22?,26?/m0/s1. The van der Waals surface area contributed by atoms with Crippen molar-refractivity contribution in [1.29, 1.82) is 0 Å². The number of aliphatic hydroxyl groups is 1. The third kappa shape index (κ3) is 4.52. The predicted molar refractivity (Wildman–Crippen MR) is 138 cm³/mol. The largest absolute Gasteiger partial charge is 0.494 e. The minimum Gasteiger partial charge on any atom is -0.494 e. The number of ether oxygens (including phenoxy) is 2. The van der Waals surface area contributed by atoms with Crippen LogP contribution in [0, 0.1) is 11.8 Å². The molecule has 4 rings (SSSR count). The van der Waals surface area contributed by atoms with Crippen LogP contribution in [0.1, 0.15) is 46.5 Å². The number of rotatable bonds is 11. The van der Waals surface area contributed by atoms with Gasteiger partial charge in [0.2, 0.25) is 17.7 Å². The molecule has 7 atom stereocenters. The van der Waals surface area contributed by atoms with E-state index in [9.17, 15) is 19.5 Å². The molecular weight excluding hydrogens is 530 g/mol. The van der Waals surface area contributed by atoms with Crippen LogP contribution in [0.15, 0.2) is 24.3 Å². The third-order valence-corrected chi connectivity index (χ3v) is 8.46. The molecule has 3 aliphatic rings. The van der Waals surface area contributed by atoms with E-state index in [-0.39, 0.29) is 29.2 Å². The molecular formula is C26H36BrN3O6. The smallest absolute Gasteiger partial charge is 0.245 e. The summed E-state index contributed by atoms with van der Waals surface area (Å²) in [6, 6.07) is 5.62. The van der Waals surface area contributed by atoms with Crippen molar-refractivity contribution < 1.29 is 29.0 Å². The number of hydrogen-bond acceptors (Lipinski definition) is 6. The Kier molecular flexibility index (Phi) is 8.26. The molecule has 1 aromatic carbocycles. The Bertz CT molecular complexity index is 971. The van der Waals surface area contributed by atoms with Gasteiger partial charge < -0.3 is 30.1 Å². The number of carbonyl (C=O) groups is 3. The number of alkyl halides is 1. The molecule has 1 spiro atoms. The Hall–Kier alpha value is -2.17. The molecule has 3 aliphatic heterocycles. The van der Waals surface area contributed by atoms with Crippen molar-refractivity contribution in [2.75, 3.05) is 25.1 Å². The highest BCUT2D eigenvalue weighted by molar-refractivity contribution is 9.09. The number of aliphatic hydroxyl groups excluding tert-OH is 1. The Morgan fingerprint density at radius 1 is 1.25 bits per heavy atom. The first-order chi connectivity index (χ1) is 17.3. The fraction of sp³-hybridized carbons (Fsp3) is 0.654. The van der Waals surface area contributed by atoms with Crippen LogP contribution in [-0.2, 0) is 19.1 Å². The Balaban J connectivity index is 1.65. The van der Waals surface area contributed by atoms with Crippen molar-refractivity contribution in [1.82, 2.24) is 10.2 Å². The van der Waals surface area contributed by atoms with Crippen LogP contribution in [0.3, 0.4) is 0 Å². The molecule has 3 heterocycles. The molecule has 3 N–H and O–H groups in total. The second-order valence-corrected chi connectivity index (χ2v) is 10.9. The predicted octanol–water partition coefficient (Wildman–Crippen LogP) is 2.46. The van der Waals surface area contributed by atoms with Crippen LogP contribution in [0.2, 0.25) is 0 Å². The first kappa shape index (κ1) is 26.9. The second-order valence-electron chi connectivity index (χ2n) is 9.74. The quantitative estimate of drug-likeness (QED) is 0.280. The minimum absolute atomic E-state index is 0.183. The highest BCUT2D eigenvalue weighted by Crippen LogP contribution is 2.60. The van der Waals surface area contributed by atoms with Gasteiger partial charge in [0.05, 0.1) is 37.2 Å². The minimum atomic E-state index is -1.13. The molecule has 0 saturated carbocycles. The maximum atomic E-state index is 13.9. The van der Waals surface area contributed by atoms with Gasteiger partial charge in [0.1, 0.15) is 17.4 Å². The summed E-state index contributed by atoms with van der Waals surface area (Å²) in [5, 5.41) is 16.0. The number of fused-ring (bicyclic) bond motifs is 1. The molecule has 3 saturated heterocycles. The zero-order valence-corrected chi connectivity index (χ0v) is 22.6. The summed E-state index contributed by atoms with van der Waals surface area (Å²) in [6.07, 6.45) is 2.12. The maximum absolute atomic E-state index is 13.9. The summed E-state index contributed by atoms with van der Waals surface area (Å²) in [6.45, 7) is 6.57. The lowest BCUT2D eigenvalue weighted by atomic mass is 9.70. The van der Waals surface area contributed by atoms with Crippen molar-refractivity contribution in [3.05, 3.63) is 24.3 Å². The molecule has 3 amide bonds. The number of nitrogens with one attached hydrogen (secondary N) is 2. The van der Waals surface area contributed by atoms with E-state index in [0.717, 1.165) is 12.8 Å². The van der Waals surface area contributed by atoms with E-state index in [1.54, 1.807) is 24.3 Å². The lowest BCUT2D eigenvalue weighted by molar-refractivity contribution is -0.145. The fourth-order valence-electron chi connectivity index (χ4n) is 5.99. The first-order valence-electron chi connectivity index (χ1n) is 12.9. The average molecular weight is 566 g/mol. The number of benzene rings is 1. The number of halogens is 1. The van der Waals surface area contributed by atoms with E-state index in [0.29, 0.717) is 37.4 Å². The summed E-state index contributed by atoms with van der Waals surface area (Å²) in [4.78, 5) is 42.3. The molecule has 3 fully saturated rings. The molecule has 1 aromatic rings. The Morgan fingerprint density at radius 2 is 1.97 bits per heavy atom. The highest BCUT2D eigenvalue weighted by Gasteiger charge is 2.76. The number of carbonyl (C=O) groups excluding carboxylic acids is 3. The molecule has 9 nitrogen and oxygen atoms in total. The van der Waals surface area contributed by atoms with Crippen molar-refractivity contribution >= 4 is 39.3 Å². The molecule has 0 aliphatic carbocycles. The topological polar surface area (TPSA) is 117 Å². The van der Waals surface area contributed by atoms with Gasteiger partial charge in [0.25, 0.3) is 0 Å². The van der Waals surface area contributed by atoms with Crippen LogP contribution in [0.4, 0.5) is 5.69 Å². The number of nitrogens with zero attached hydrogens (tertiary/aromatic N) is 1. The summed E-state index contributed by atoms with van der Waals surface area (Å²) < 4.78 is 11.9. The van der Waals surface area contributed by atoms with Gasteiger partial charge in [0, 0.05) is 17.1 Å². The van der Waals surface area contributed by atoms with E-state index < -0.39 is 35.6 Å². The Labute approximate surface area is 220 Å². The summed E-state index contributed by atoms with van der Waals surface area (Å²) in [7, 11) is 0. The van der Waals surface area contributed by atoms with E-state index in [1.807, 2.05) is 20.8 Å². The van der Waals surface area contributed by atoms with Crippen molar-refractivity contribution in [2.45, 2.75) is 75.1 Å².